The van der Waals surface area contributed by atoms with Gasteiger partial charge in [-0.3, -0.25) is 0 Å². The van der Waals surface area contributed by atoms with Crippen LogP contribution >= 0.6 is 0 Å². The number of fused-ring (bicyclic) bond motifs is 1. The normalized spacial score (nSPS) is 43.5. The van der Waals surface area contributed by atoms with Gasteiger partial charge in [0.05, 0.1) is 0 Å². The molecular formula is C11H17. The Hall–Kier alpha value is -0.260. The van der Waals surface area contributed by atoms with Crippen molar-refractivity contribution in [2.24, 2.45) is 17.8 Å². The lowest BCUT2D eigenvalue weighted by molar-refractivity contribution is 0.189. The van der Waals surface area contributed by atoms with Gasteiger partial charge >= 0.3 is 0 Å². The van der Waals surface area contributed by atoms with Crippen molar-refractivity contribution in [3.63, 3.8) is 0 Å². The van der Waals surface area contributed by atoms with Crippen molar-refractivity contribution in [2.75, 3.05) is 0 Å². The highest BCUT2D eigenvalue weighted by molar-refractivity contribution is 4.95. The van der Waals surface area contributed by atoms with Crippen LogP contribution in [0.3, 0.4) is 0 Å². The quantitative estimate of drug-likeness (QED) is 0.496. The van der Waals surface area contributed by atoms with Gasteiger partial charge in [0.2, 0.25) is 0 Å². The molecule has 0 amide bonds. The zero-order valence-corrected chi connectivity index (χ0v) is 7.34. The third kappa shape index (κ3) is 1.36. The van der Waals surface area contributed by atoms with Gasteiger partial charge in [-0.1, -0.05) is 25.8 Å². The lowest BCUT2D eigenvalue weighted by atomic mass is 9.69. The number of allylic oxidation sites excluding steroid dienone is 2. The Balaban J connectivity index is 2.09. The maximum atomic E-state index is 3.53. The SMILES string of the molecule is CC1CC=[C]C2CCCCC12. The minimum Gasteiger partial charge on any atom is -0.0805 e. The monoisotopic (exact) mass is 149 g/mol. The Morgan fingerprint density at radius 1 is 1.27 bits per heavy atom. The molecule has 0 saturated heterocycles. The standard InChI is InChI=1S/C11H17/c1-9-5-4-7-10-6-2-3-8-11(9)10/h4,9-11H,2-3,5-6,8H2,1H3. The highest BCUT2D eigenvalue weighted by Crippen LogP contribution is 2.39. The van der Waals surface area contributed by atoms with Gasteiger partial charge in [-0.05, 0) is 43.1 Å². The predicted molar refractivity (Wildman–Crippen MR) is 47.0 cm³/mol. The molecule has 61 valence electrons. The van der Waals surface area contributed by atoms with Gasteiger partial charge in [0.1, 0.15) is 0 Å². The summed E-state index contributed by atoms with van der Waals surface area (Å²) in [5.74, 6) is 2.74. The fourth-order valence-corrected chi connectivity index (χ4v) is 2.63. The molecule has 0 aliphatic heterocycles. The summed E-state index contributed by atoms with van der Waals surface area (Å²) in [6.45, 7) is 2.40. The second-order valence-electron chi connectivity index (χ2n) is 4.14. The Bertz CT molecular complexity index is 157. The highest BCUT2D eigenvalue weighted by Gasteiger charge is 2.29. The molecule has 2 rings (SSSR count). The van der Waals surface area contributed by atoms with Crippen LogP contribution in [-0.4, -0.2) is 0 Å². The molecule has 2 aliphatic rings. The van der Waals surface area contributed by atoms with E-state index >= 15 is 0 Å². The smallest absolute Gasteiger partial charge is 0.0131 e. The molecule has 0 aromatic rings. The average molecular weight is 149 g/mol. The van der Waals surface area contributed by atoms with E-state index in [9.17, 15) is 0 Å². The second-order valence-corrected chi connectivity index (χ2v) is 4.14. The molecule has 1 radical (unpaired) electrons. The maximum absolute atomic E-state index is 3.53. The molecule has 0 aromatic heterocycles. The van der Waals surface area contributed by atoms with Gasteiger partial charge in [0.25, 0.3) is 0 Å². The Morgan fingerprint density at radius 2 is 2.09 bits per heavy atom. The third-order valence-corrected chi connectivity index (χ3v) is 3.37. The summed E-state index contributed by atoms with van der Waals surface area (Å²) in [5.41, 5.74) is 0. The van der Waals surface area contributed by atoms with Crippen LogP contribution in [0.1, 0.15) is 39.0 Å². The van der Waals surface area contributed by atoms with E-state index < -0.39 is 0 Å². The summed E-state index contributed by atoms with van der Waals surface area (Å²) in [6.07, 6.45) is 12.9. The maximum Gasteiger partial charge on any atom is -0.0131 e. The first kappa shape index (κ1) is 7.39. The van der Waals surface area contributed by atoms with Crippen LogP contribution in [0.25, 0.3) is 0 Å². The summed E-state index contributed by atoms with van der Waals surface area (Å²) in [6, 6.07) is 0. The molecule has 0 heterocycles. The van der Waals surface area contributed by atoms with E-state index in [1.165, 1.54) is 32.1 Å². The van der Waals surface area contributed by atoms with Gasteiger partial charge in [-0.15, -0.1) is 0 Å². The van der Waals surface area contributed by atoms with Crippen LogP contribution < -0.4 is 0 Å². The lowest BCUT2D eigenvalue weighted by Gasteiger charge is -2.36. The molecule has 0 spiro atoms. The summed E-state index contributed by atoms with van der Waals surface area (Å²) in [5, 5.41) is 0. The first-order chi connectivity index (χ1) is 5.38. The van der Waals surface area contributed by atoms with E-state index in [1.807, 2.05) is 0 Å². The van der Waals surface area contributed by atoms with Gasteiger partial charge in [0, 0.05) is 0 Å². The first-order valence-electron chi connectivity index (χ1n) is 4.95. The molecule has 3 unspecified atom stereocenters. The fourth-order valence-electron chi connectivity index (χ4n) is 2.63. The number of hydrogen-bond donors (Lipinski definition) is 0. The molecule has 0 N–H and O–H groups in total. The van der Waals surface area contributed by atoms with Crippen molar-refractivity contribution < 1.29 is 0 Å². The van der Waals surface area contributed by atoms with E-state index in [0.717, 1.165) is 17.8 Å². The molecule has 3 atom stereocenters. The molecule has 1 saturated carbocycles. The fraction of sp³-hybridized carbons (Fsp3) is 0.818. The van der Waals surface area contributed by atoms with Crippen LogP contribution in [0.5, 0.6) is 0 Å². The van der Waals surface area contributed by atoms with Crippen LogP contribution in [-0.2, 0) is 0 Å². The minimum atomic E-state index is 0.826. The second kappa shape index (κ2) is 3.00. The van der Waals surface area contributed by atoms with Crippen LogP contribution in [0.15, 0.2) is 6.08 Å². The molecule has 0 heteroatoms. The summed E-state index contributed by atoms with van der Waals surface area (Å²) < 4.78 is 0. The van der Waals surface area contributed by atoms with E-state index in [2.05, 4.69) is 19.1 Å². The highest BCUT2D eigenvalue weighted by atomic mass is 14.3. The van der Waals surface area contributed by atoms with Crippen molar-refractivity contribution in [1.29, 1.82) is 0 Å². The molecule has 0 aromatic carbocycles. The van der Waals surface area contributed by atoms with Crippen molar-refractivity contribution in [3.05, 3.63) is 12.2 Å². The molecule has 11 heavy (non-hydrogen) atoms. The number of rotatable bonds is 0. The van der Waals surface area contributed by atoms with Gasteiger partial charge in [-0.25, -0.2) is 0 Å². The van der Waals surface area contributed by atoms with Crippen molar-refractivity contribution in [2.45, 2.75) is 39.0 Å². The number of hydrogen-bond acceptors (Lipinski definition) is 0. The molecule has 1 fully saturated rings. The largest absolute Gasteiger partial charge is 0.0805 e. The molecule has 0 bridgehead atoms. The zero-order chi connectivity index (χ0) is 7.68. The first-order valence-corrected chi connectivity index (χ1v) is 4.95. The average Bonchev–Trinajstić information content (AvgIpc) is 2.06. The Morgan fingerprint density at radius 3 is 2.91 bits per heavy atom. The Labute approximate surface area is 69.7 Å². The summed E-state index contributed by atoms with van der Waals surface area (Å²) in [7, 11) is 0. The van der Waals surface area contributed by atoms with E-state index in [4.69, 9.17) is 0 Å². The Kier molecular flexibility index (Phi) is 2.02. The van der Waals surface area contributed by atoms with Gasteiger partial charge in [-0.2, -0.15) is 0 Å². The van der Waals surface area contributed by atoms with E-state index in [-0.39, 0.29) is 0 Å². The molecular weight excluding hydrogens is 132 g/mol. The van der Waals surface area contributed by atoms with Crippen molar-refractivity contribution in [3.8, 4) is 0 Å². The topological polar surface area (TPSA) is 0 Å². The van der Waals surface area contributed by atoms with Crippen LogP contribution in [0.4, 0.5) is 0 Å². The molecule has 2 aliphatic carbocycles. The third-order valence-electron chi connectivity index (χ3n) is 3.37. The van der Waals surface area contributed by atoms with Crippen LogP contribution in [0, 0.1) is 23.8 Å². The van der Waals surface area contributed by atoms with Gasteiger partial charge < -0.3 is 0 Å². The van der Waals surface area contributed by atoms with Crippen LogP contribution in [0.2, 0.25) is 0 Å². The van der Waals surface area contributed by atoms with E-state index in [1.54, 1.807) is 0 Å². The van der Waals surface area contributed by atoms with E-state index in [0.29, 0.717) is 0 Å². The predicted octanol–water partition coefficient (Wildman–Crippen LogP) is 3.19. The lowest BCUT2D eigenvalue weighted by Crippen LogP contribution is -2.26. The molecule has 0 nitrogen and oxygen atoms in total. The van der Waals surface area contributed by atoms with Crippen molar-refractivity contribution >= 4 is 0 Å². The summed E-state index contributed by atoms with van der Waals surface area (Å²) in [4.78, 5) is 0. The summed E-state index contributed by atoms with van der Waals surface area (Å²) >= 11 is 0. The zero-order valence-electron chi connectivity index (χ0n) is 7.34. The van der Waals surface area contributed by atoms with Crippen molar-refractivity contribution in [1.82, 2.24) is 0 Å². The minimum absolute atomic E-state index is 0.826. The van der Waals surface area contributed by atoms with Gasteiger partial charge in [0.15, 0.2) is 0 Å².